The molecule has 0 aliphatic rings. The summed E-state index contributed by atoms with van der Waals surface area (Å²) in [7, 11) is 0. The van der Waals surface area contributed by atoms with Crippen LogP contribution in [0.5, 0.6) is 5.75 Å². The van der Waals surface area contributed by atoms with Gasteiger partial charge in [-0.2, -0.15) is 0 Å². The van der Waals surface area contributed by atoms with Crippen LogP contribution in [0.15, 0.2) is 84.9 Å². The van der Waals surface area contributed by atoms with Gasteiger partial charge >= 0.3 is 6.03 Å². The van der Waals surface area contributed by atoms with E-state index in [9.17, 15) is 9.90 Å². The molecule has 3 rings (SSSR count). The lowest BCUT2D eigenvalue weighted by Crippen LogP contribution is -2.34. The van der Waals surface area contributed by atoms with Crippen LogP contribution in [0.1, 0.15) is 5.56 Å². The molecule has 0 heterocycles. The number of amides is 2. The van der Waals surface area contributed by atoms with Crippen molar-refractivity contribution in [3.8, 4) is 5.75 Å². The molecule has 0 radical (unpaired) electrons. The molecule has 0 spiro atoms. The van der Waals surface area contributed by atoms with Crippen molar-refractivity contribution < 1.29 is 9.90 Å². The summed E-state index contributed by atoms with van der Waals surface area (Å²) in [6.45, 7) is 0.454. The van der Waals surface area contributed by atoms with Gasteiger partial charge in [-0.25, -0.2) is 4.79 Å². The Balaban J connectivity index is 1.85. The Kier molecular flexibility index (Phi) is 4.77. The average Bonchev–Trinajstić information content (AvgIpc) is 2.61. The van der Waals surface area contributed by atoms with E-state index in [0.717, 1.165) is 11.3 Å². The lowest BCUT2D eigenvalue weighted by Gasteiger charge is -2.23. The molecule has 2 N–H and O–H groups in total. The Morgan fingerprint density at radius 1 is 0.875 bits per heavy atom. The van der Waals surface area contributed by atoms with Crippen molar-refractivity contribution in [3.05, 3.63) is 90.5 Å². The minimum atomic E-state index is -0.254. The van der Waals surface area contributed by atoms with Gasteiger partial charge in [-0.3, -0.25) is 4.90 Å². The Bertz CT molecular complexity index is 804. The Labute approximate surface area is 141 Å². The molecule has 24 heavy (non-hydrogen) atoms. The second-order valence-corrected chi connectivity index (χ2v) is 5.39. The molecule has 3 aromatic carbocycles. The van der Waals surface area contributed by atoms with E-state index in [1.165, 1.54) is 6.07 Å². The lowest BCUT2D eigenvalue weighted by atomic mass is 10.2. The molecule has 0 aromatic heterocycles. The van der Waals surface area contributed by atoms with Crippen molar-refractivity contribution in [1.82, 2.24) is 0 Å². The number of nitrogens with one attached hydrogen (secondary N) is 1. The molecule has 3 aromatic rings. The monoisotopic (exact) mass is 318 g/mol. The molecule has 0 fully saturated rings. The molecule has 0 saturated heterocycles. The molecule has 0 saturated carbocycles. The van der Waals surface area contributed by atoms with Gasteiger partial charge in [-0.05, 0) is 29.8 Å². The zero-order chi connectivity index (χ0) is 16.8. The Morgan fingerprint density at radius 2 is 1.54 bits per heavy atom. The molecule has 0 bridgehead atoms. The summed E-state index contributed by atoms with van der Waals surface area (Å²) < 4.78 is 0. The van der Waals surface area contributed by atoms with Gasteiger partial charge in [0.25, 0.3) is 0 Å². The standard InChI is InChI=1S/C20H18N2O2/c23-19-13-7-10-17(14-19)21-20(24)22(18-11-5-2-6-12-18)15-16-8-3-1-4-9-16/h1-14,23H,15H2,(H,21,24). The van der Waals surface area contributed by atoms with E-state index in [2.05, 4.69) is 5.32 Å². The number of urea groups is 1. The van der Waals surface area contributed by atoms with Crippen molar-refractivity contribution in [1.29, 1.82) is 0 Å². The number of nitrogens with zero attached hydrogens (tertiary/aromatic N) is 1. The maximum absolute atomic E-state index is 12.8. The first kappa shape index (κ1) is 15.6. The maximum atomic E-state index is 12.8. The highest BCUT2D eigenvalue weighted by molar-refractivity contribution is 6.01. The molecule has 2 amide bonds. The first-order valence-corrected chi connectivity index (χ1v) is 7.69. The fraction of sp³-hybridized carbons (Fsp3) is 0.0500. The molecular weight excluding hydrogens is 300 g/mol. The smallest absolute Gasteiger partial charge is 0.326 e. The van der Waals surface area contributed by atoms with E-state index >= 15 is 0 Å². The number of para-hydroxylation sites is 1. The highest BCUT2D eigenvalue weighted by Crippen LogP contribution is 2.20. The third kappa shape index (κ3) is 3.93. The zero-order valence-corrected chi connectivity index (χ0v) is 13.1. The molecular formula is C20H18N2O2. The molecule has 0 aliphatic heterocycles. The van der Waals surface area contributed by atoms with Gasteiger partial charge < -0.3 is 10.4 Å². The van der Waals surface area contributed by atoms with Crippen LogP contribution in [0, 0.1) is 0 Å². The van der Waals surface area contributed by atoms with Crippen molar-refractivity contribution >= 4 is 17.4 Å². The van der Waals surface area contributed by atoms with Crippen LogP contribution in [-0.4, -0.2) is 11.1 Å². The number of anilines is 2. The van der Waals surface area contributed by atoms with Crippen LogP contribution in [0.3, 0.4) is 0 Å². The number of carbonyl (C=O) groups excluding carboxylic acids is 1. The van der Waals surface area contributed by atoms with Crippen LogP contribution in [0.25, 0.3) is 0 Å². The van der Waals surface area contributed by atoms with E-state index in [1.807, 2.05) is 60.7 Å². The third-order valence-electron chi connectivity index (χ3n) is 3.59. The van der Waals surface area contributed by atoms with Gasteiger partial charge in [-0.1, -0.05) is 54.6 Å². The highest BCUT2D eigenvalue weighted by Gasteiger charge is 2.16. The molecule has 120 valence electrons. The summed E-state index contributed by atoms with van der Waals surface area (Å²) in [5, 5.41) is 12.4. The normalized spacial score (nSPS) is 10.2. The topological polar surface area (TPSA) is 52.6 Å². The Hall–Kier alpha value is -3.27. The summed E-state index contributed by atoms with van der Waals surface area (Å²) in [5.74, 6) is 0.113. The third-order valence-corrected chi connectivity index (χ3v) is 3.59. The van der Waals surface area contributed by atoms with E-state index in [1.54, 1.807) is 23.1 Å². The van der Waals surface area contributed by atoms with Gasteiger partial charge in [0.05, 0.1) is 6.54 Å². The molecule has 4 heteroatoms. The summed E-state index contributed by atoms with van der Waals surface area (Å²) in [6, 6.07) is 25.6. The van der Waals surface area contributed by atoms with Crippen molar-refractivity contribution in [2.45, 2.75) is 6.54 Å². The number of rotatable bonds is 4. The number of hydrogen-bond acceptors (Lipinski definition) is 2. The predicted molar refractivity (Wildman–Crippen MR) is 96.2 cm³/mol. The van der Waals surface area contributed by atoms with Gasteiger partial charge in [0.1, 0.15) is 5.75 Å². The lowest BCUT2D eigenvalue weighted by molar-refractivity contribution is 0.256. The van der Waals surface area contributed by atoms with Crippen molar-refractivity contribution in [3.63, 3.8) is 0 Å². The Morgan fingerprint density at radius 3 is 2.21 bits per heavy atom. The second kappa shape index (κ2) is 7.33. The van der Waals surface area contributed by atoms with Crippen LogP contribution < -0.4 is 10.2 Å². The highest BCUT2D eigenvalue weighted by atomic mass is 16.3. The second-order valence-electron chi connectivity index (χ2n) is 5.39. The van der Waals surface area contributed by atoms with E-state index in [-0.39, 0.29) is 11.8 Å². The number of phenolic OH excluding ortho intramolecular Hbond substituents is 1. The van der Waals surface area contributed by atoms with Gasteiger partial charge in [0.15, 0.2) is 0 Å². The van der Waals surface area contributed by atoms with Crippen molar-refractivity contribution in [2.24, 2.45) is 0 Å². The van der Waals surface area contributed by atoms with E-state index in [0.29, 0.717) is 12.2 Å². The largest absolute Gasteiger partial charge is 0.508 e. The predicted octanol–water partition coefficient (Wildman–Crippen LogP) is 4.63. The summed E-state index contributed by atoms with van der Waals surface area (Å²) >= 11 is 0. The van der Waals surface area contributed by atoms with Crippen LogP contribution in [0.2, 0.25) is 0 Å². The summed E-state index contributed by atoms with van der Waals surface area (Å²) in [4.78, 5) is 14.4. The first-order chi connectivity index (χ1) is 11.7. The maximum Gasteiger partial charge on any atom is 0.326 e. The number of aromatic hydroxyl groups is 1. The first-order valence-electron chi connectivity index (χ1n) is 7.69. The fourth-order valence-corrected chi connectivity index (χ4v) is 2.43. The van der Waals surface area contributed by atoms with Crippen molar-refractivity contribution in [2.75, 3.05) is 10.2 Å². The molecule has 0 unspecified atom stereocenters. The summed E-state index contributed by atoms with van der Waals surface area (Å²) in [6.07, 6.45) is 0. The van der Waals surface area contributed by atoms with E-state index in [4.69, 9.17) is 0 Å². The SMILES string of the molecule is O=C(Nc1cccc(O)c1)N(Cc1ccccc1)c1ccccc1. The van der Waals surface area contributed by atoms with Crippen LogP contribution >= 0.6 is 0 Å². The molecule has 0 atom stereocenters. The fourth-order valence-electron chi connectivity index (χ4n) is 2.43. The van der Waals surface area contributed by atoms with E-state index < -0.39 is 0 Å². The minimum Gasteiger partial charge on any atom is -0.508 e. The number of phenols is 1. The number of benzene rings is 3. The number of hydrogen-bond donors (Lipinski definition) is 2. The molecule has 0 aliphatic carbocycles. The summed E-state index contributed by atoms with van der Waals surface area (Å²) in [5.41, 5.74) is 2.39. The zero-order valence-electron chi connectivity index (χ0n) is 13.1. The van der Waals surface area contributed by atoms with Gasteiger partial charge in [-0.15, -0.1) is 0 Å². The van der Waals surface area contributed by atoms with Crippen LogP contribution in [-0.2, 0) is 6.54 Å². The number of carbonyl (C=O) groups is 1. The van der Waals surface area contributed by atoms with Gasteiger partial charge in [0.2, 0.25) is 0 Å². The van der Waals surface area contributed by atoms with Gasteiger partial charge in [0, 0.05) is 17.4 Å². The minimum absolute atomic E-state index is 0.113. The molecule has 4 nitrogen and oxygen atoms in total. The average molecular weight is 318 g/mol. The van der Waals surface area contributed by atoms with Crippen LogP contribution in [0.4, 0.5) is 16.2 Å². The quantitative estimate of drug-likeness (QED) is 0.737.